The summed E-state index contributed by atoms with van der Waals surface area (Å²) in [6, 6.07) is 10.8. The van der Waals surface area contributed by atoms with Crippen molar-refractivity contribution in [3.63, 3.8) is 0 Å². The van der Waals surface area contributed by atoms with Crippen LogP contribution in [0.5, 0.6) is 5.75 Å². The van der Waals surface area contributed by atoms with Crippen molar-refractivity contribution in [2.45, 2.75) is 9.79 Å². The SMILES string of the molecule is COc1cc([N+](=O)[O-])ccc1N1N=C(c2ccc(S(=O)(=O)O)cc2S(=O)(=O)O)NN1c1ccc([N+](=O)[O-])cc1.[Na+]. The summed E-state index contributed by atoms with van der Waals surface area (Å²) in [7, 11) is -8.68. The summed E-state index contributed by atoms with van der Waals surface area (Å²) in [6.45, 7) is 0. The molecule has 20 heteroatoms. The van der Waals surface area contributed by atoms with Crippen LogP contribution >= 0.6 is 0 Å². The predicted octanol–water partition coefficient (Wildman–Crippen LogP) is -0.883. The molecule has 0 spiro atoms. The quantitative estimate of drug-likeness (QED) is 0.123. The van der Waals surface area contributed by atoms with Gasteiger partial charge in [0.05, 0.1) is 33.6 Å². The van der Waals surface area contributed by atoms with Gasteiger partial charge in [-0.25, -0.2) is 0 Å². The minimum absolute atomic E-state index is 0. The van der Waals surface area contributed by atoms with Gasteiger partial charge in [-0.15, -0.1) is 10.2 Å². The monoisotopic (exact) mass is 603 g/mol. The number of ether oxygens (including phenoxy) is 1. The smallest absolute Gasteiger partial charge is 0.494 e. The van der Waals surface area contributed by atoms with E-state index >= 15 is 0 Å². The van der Waals surface area contributed by atoms with Crippen LogP contribution < -0.4 is 50.0 Å². The molecule has 1 aliphatic rings. The van der Waals surface area contributed by atoms with E-state index < -0.39 is 39.9 Å². The number of benzene rings is 3. The summed E-state index contributed by atoms with van der Waals surface area (Å²) >= 11 is 0. The number of nitro groups is 2. The zero-order valence-corrected chi connectivity index (χ0v) is 24.0. The van der Waals surface area contributed by atoms with E-state index in [2.05, 4.69) is 10.5 Å². The Morgan fingerprint density at radius 1 is 0.875 bits per heavy atom. The number of hydrazine groups is 2. The fourth-order valence-electron chi connectivity index (χ4n) is 3.49. The van der Waals surface area contributed by atoms with Gasteiger partial charge in [0, 0.05) is 23.8 Å². The summed E-state index contributed by atoms with van der Waals surface area (Å²) in [5, 5.41) is 28.9. The maximum Gasteiger partial charge on any atom is 1.00 e. The Bertz CT molecular complexity index is 1750. The van der Waals surface area contributed by atoms with Crippen molar-refractivity contribution in [2.24, 2.45) is 5.10 Å². The van der Waals surface area contributed by atoms with Gasteiger partial charge in [0.2, 0.25) is 0 Å². The second-order valence-corrected chi connectivity index (χ2v) is 10.5. The molecule has 0 saturated heterocycles. The summed E-state index contributed by atoms with van der Waals surface area (Å²) in [6.07, 6.45) is 0. The van der Waals surface area contributed by atoms with Gasteiger partial charge in [-0.1, -0.05) is 0 Å². The molecule has 204 valence electrons. The molecule has 4 rings (SSSR count). The standard InChI is InChI=1S/C20H16N6O11S2.Na/c1-37-18-10-14(26(29)30)6-9-17(18)24-22-20(21-23(24)12-2-4-13(5-3-12)25(27)28)16-8-7-15(38(31,32)33)11-19(16)39(34,35)36;/h2-11H,1H3,(H,21,22)(H,31,32,33)(H,34,35,36);/q;+1. The molecule has 0 aliphatic carbocycles. The molecule has 0 radical (unpaired) electrons. The molecule has 3 N–H and O–H groups in total. The molecule has 0 saturated carbocycles. The summed E-state index contributed by atoms with van der Waals surface area (Å²) in [5.74, 6) is -0.317. The third kappa shape index (κ3) is 6.14. The van der Waals surface area contributed by atoms with E-state index in [9.17, 15) is 46.2 Å². The number of hydrazone groups is 1. The maximum absolute atomic E-state index is 12.1. The van der Waals surface area contributed by atoms with Gasteiger partial charge in [0.1, 0.15) is 10.6 Å². The van der Waals surface area contributed by atoms with Gasteiger partial charge in [0.25, 0.3) is 31.6 Å². The van der Waals surface area contributed by atoms with Gasteiger partial charge < -0.3 is 4.74 Å². The number of non-ortho nitro benzene ring substituents is 2. The molecule has 40 heavy (non-hydrogen) atoms. The first-order chi connectivity index (χ1) is 18.2. The van der Waals surface area contributed by atoms with Crippen LogP contribution in [0, 0.1) is 20.2 Å². The number of hydrogen-bond donors (Lipinski definition) is 3. The van der Waals surface area contributed by atoms with E-state index in [4.69, 9.17) is 4.74 Å². The minimum atomic E-state index is -5.07. The largest absolute Gasteiger partial charge is 1.00 e. The van der Waals surface area contributed by atoms with Gasteiger partial charge in [-0.05, 0) is 36.4 Å². The molecule has 1 aliphatic heterocycles. The molecule has 0 bridgehead atoms. The first-order valence-corrected chi connectivity index (χ1v) is 13.2. The first-order valence-electron chi connectivity index (χ1n) is 10.3. The summed E-state index contributed by atoms with van der Waals surface area (Å²) in [5.41, 5.74) is 2.15. The zero-order valence-electron chi connectivity index (χ0n) is 20.4. The van der Waals surface area contributed by atoms with E-state index in [0.717, 1.165) is 29.4 Å². The summed E-state index contributed by atoms with van der Waals surface area (Å²) in [4.78, 5) is 19.3. The molecule has 3 aromatic carbocycles. The van der Waals surface area contributed by atoms with Crippen LogP contribution in [0.25, 0.3) is 0 Å². The predicted molar refractivity (Wildman–Crippen MR) is 133 cm³/mol. The maximum atomic E-state index is 12.1. The van der Waals surface area contributed by atoms with Crippen LogP contribution in [0.4, 0.5) is 22.7 Å². The third-order valence-electron chi connectivity index (χ3n) is 5.27. The van der Waals surface area contributed by atoms with E-state index in [0.29, 0.717) is 6.07 Å². The molecule has 0 aromatic heterocycles. The molecule has 0 fully saturated rings. The van der Waals surface area contributed by atoms with Crippen molar-refractivity contribution in [1.82, 2.24) is 5.43 Å². The molecule has 0 amide bonds. The average molecular weight is 604 g/mol. The van der Waals surface area contributed by atoms with Crippen molar-refractivity contribution in [1.29, 1.82) is 0 Å². The van der Waals surface area contributed by atoms with Crippen molar-refractivity contribution >= 4 is 48.8 Å². The van der Waals surface area contributed by atoms with Crippen LogP contribution in [0.3, 0.4) is 0 Å². The Hall–Kier alpha value is -3.85. The average Bonchev–Trinajstić information content (AvgIpc) is 3.32. The Kier molecular flexibility index (Phi) is 8.69. The number of amidine groups is 1. The Morgan fingerprint density at radius 2 is 1.48 bits per heavy atom. The zero-order chi connectivity index (χ0) is 28.7. The molecular formula is C20H16N6NaO11S2+. The number of methoxy groups -OCH3 is 1. The van der Waals surface area contributed by atoms with Crippen molar-refractivity contribution < 1.29 is 70.1 Å². The number of nitro benzene ring substituents is 2. The molecule has 1 heterocycles. The third-order valence-corrected chi connectivity index (χ3v) is 7.02. The van der Waals surface area contributed by atoms with Gasteiger partial charge in [0.15, 0.2) is 11.6 Å². The van der Waals surface area contributed by atoms with E-state index in [1.165, 1.54) is 42.6 Å². The molecular weight excluding hydrogens is 587 g/mol. The fourth-order valence-corrected chi connectivity index (χ4v) is 4.79. The summed E-state index contributed by atoms with van der Waals surface area (Å²) < 4.78 is 71.7. The van der Waals surface area contributed by atoms with Gasteiger partial charge in [-0.3, -0.25) is 34.8 Å². The molecule has 0 atom stereocenters. The van der Waals surface area contributed by atoms with Crippen LogP contribution in [0.15, 0.2) is 75.6 Å². The number of rotatable bonds is 8. The Labute approximate surface area is 247 Å². The Morgan fingerprint density at radius 3 is 2.00 bits per heavy atom. The van der Waals surface area contributed by atoms with Gasteiger partial charge >= 0.3 is 29.6 Å². The van der Waals surface area contributed by atoms with E-state index in [-0.39, 0.29) is 69.5 Å². The normalized spacial score (nSPS) is 13.2. The fraction of sp³-hybridized carbons (Fsp3) is 0.0500. The minimum Gasteiger partial charge on any atom is -0.494 e. The van der Waals surface area contributed by atoms with E-state index in [1.807, 2.05) is 0 Å². The number of hydrogen-bond acceptors (Lipinski definition) is 13. The van der Waals surface area contributed by atoms with E-state index in [1.54, 1.807) is 0 Å². The first kappa shape index (κ1) is 30.7. The van der Waals surface area contributed by atoms with Gasteiger partial charge in [-0.2, -0.15) is 22.0 Å². The van der Waals surface area contributed by atoms with Crippen LogP contribution in [-0.2, 0) is 20.2 Å². The number of nitrogens with zero attached hydrogens (tertiary/aromatic N) is 5. The molecule has 17 nitrogen and oxygen atoms in total. The van der Waals surface area contributed by atoms with Crippen molar-refractivity contribution in [3.05, 3.63) is 86.5 Å². The topological polar surface area (TPSA) is 235 Å². The molecule has 3 aromatic rings. The Balaban J connectivity index is 0.00000441. The van der Waals surface area contributed by atoms with Crippen LogP contribution in [0.1, 0.15) is 5.56 Å². The number of anilines is 2. The second-order valence-electron chi connectivity index (χ2n) is 7.66. The molecule has 0 unspecified atom stereocenters. The van der Waals surface area contributed by atoms with Crippen molar-refractivity contribution in [2.75, 3.05) is 17.3 Å². The van der Waals surface area contributed by atoms with Crippen LogP contribution in [0.2, 0.25) is 0 Å². The number of nitrogens with one attached hydrogen (secondary N) is 1. The second kappa shape index (κ2) is 11.3. The van der Waals surface area contributed by atoms with Crippen molar-refractivity contribution in [3.8, 4) is 5.75 Å². The van der Waals surface area contributed by atoms with Crippen LogP contribution in [-0.4, -0.2) is 48.7 Å².